The zero-order valence-corrected chi connectivity index (χ0v) is 14.1. The van der Waals surface area contributed by atoms with Gasteiger partial charge in [-0.3, -0.25) is 0 Å². The van der Waals surface area contributed by atoms with Gasteiger partial charge in [-0.1, -0.05) is 24.1 Å². The Bertz CT molecular complexity index is 579. The van der Waals surface area contributed by atoms with Crippen molar-refractivity contribution >= 4 is 32.8 Å². The van der Waals surface area contributed by atoms with Gasteiger partial charge in [0.25, 0.3) is 0 Å². The molecule has 112 valence electrons. The van der Waals surface area contributed by atoms with Crippen LogP contribution in [-0.4, -0.2) is 35.8 Å². The van der Waals surface area contributed by atoms with Gasteiger partial charge in [0.05, 0.1) is 35.6 Å². The standard InChI is InChI=1S/C15H18ClNO3Si/c1-4-20-7-5-10-9-12(15(18)19-2)13(16)11(14(10)17)6-8-21-3/h9H,4-5,7,17H2,1-3H3. The normalized spacial score (nSPS) is 9.90. The van der Waals surface area contributed by atoms with E-state index in [1.165, 1.54) is 7.11 Å². The number of ether oxygens (including phenoxy) is 2. The Balaban J connectivity index is 3.33. The van der Waals surface area contributed by atoms with Crippen molar-refractivity contribution < 1.29 is 14.3 Å². The van der Waals surface area contributed by atoms with E-state index in [1.807, 2.05) is 13.5 Å². The Morgan fingerprint density at radius 3 is 2.81 bits per heavy atom. The predicted molar refractivity (Wildman–Crippen MR) is 85.9 cm³/mol. The first kappa shape index (κ1) is 17.6. The zero-order valence-electron chi connectivity index (χ0n) is 12.4. The Morgan fingerprint density at radius 2 is 2.24 bits per heavy atom. The summed E-state index contributed by atoms with van der Waals surface area (Å²) < 4.78 is 10.1. The summed E-state index contributed by atoms with van der Waals surface area (Å²) in [7, 11) is 1.76. The Morgan fingerprint density at radius 1 is 1.52 bits per heavy atom. The van der Waals surface area contributed by atoms with Crippen molar-refractivity contribution in [2.75, 3.05) is 26.1 Å². The van der Waals surface area contributed by atoms with Gasteiger partial charge in [-0.2, -0.15) is 0 Å². The summed E-state index contributed by atoms with van der Waals surface area (Å²) in [4.78, 5) is 11.8. The van der Waals surface area contributed by atoms with E-state index in [9.17, 15) is 4.79 Å². The third kappa shape index (κ3) is 4.50. The van der Waals surface area contributed by atoms with Crippen LogP contribution in [0.2, 0.25) is 11.6 Å². The SMILES string of the molecule is CCOCCc1cc(C(=O)OC)c(Cl)c(C#C[Si]C)c1N. The summed E-state index contributed by atoms with van der Waals surface area (Å²) in [6.07, 6.45) is 0.587. The van der Waals surface area contributed by atoms with Crippen LogP contribution in [0.1, 0.15) is 28.4 Å². The third-order valence-corrected chi connectivity index (χ3v) is 3.60. The predicted octanol–water partition coefficient (Wildman–Crippen LogP) is 2.35. The van der Waals surface area contributed by atoms with Gasteiger partial charge >= 0.3 is 5.97 Å². The lowest BCUT2D eigenvalue weighted by Gasteiger charge is -2.13. The highest BCUT2D eigenvalue weighted by Gasteiger charge is 2.19. The molecule has 0 spiro atoms. The summed E-state index contributed by atoms with van der Waals surface area (Å²) in [5, 5.41) is 0.241. The molecule has 0 amide bonds. The maximum Gasteiger partial charge on any atom is 0.339 e. The molecule has 6 heteroatoms. The molecule has 0 fully saturated rings. The fraction of sp³-hybridized carbons (Fsp3) is 0.400. The lowest BCUT2D eigenvalue weighted by Crippen LogP contribution is -2.09. The van der Waals surface area contributed by atoms with Crippen molar-refractivity contribution in [2.45, 2.75) is 19.9 Å². The molecule has 0 bridgehead atoms. The van der Waals surface area contributed by atoms with Gasteiger partial charge in [0, 0.05) is 6.61 Å². The summed E-state index contributed by atoms with van der Waals surface area (Å²) in [6.45, 7) is 5.02. The van der Waals surface area contributed by atoms with Crippen LogP contribution >= 0.6 is 11.6 Å². The minimum Gasteiger partial charge on any atom is -0.465 e. The first-order valence-corrected chi connectivity index (χ1v) is 8.39. The van der Waals surface area contributed by atoms with Crippen LogP contribution in [0.25, 0.3) is 0 Å². The fourth-order valence-electron chi connectivity index (χ4n) is 1.77. The minimum absolute atomic E-state index is 0.241. The molecule has 0 unspecified atom stereocenters. The molecule has 0 aromatic heterocycles. The molecule has 0 aliphatic rings. The Kier molecular flexibility index (Phi) is 7.30. The number of hydrogen-bond donors (Lipinski definition) is 1. The molecule has 0 saturated carbocycles. The van der Waals surface area contributed by atoms with Gasteiger partial charge < -0.3 is 15.2 Å². The summed E-state index contributed by atoms with van der Waals surface area (Å²) >= 11 is 6.25. The molecule has 1 rings (SSSR count). The van der Waals surface area contributed by atoms with Gasteiger partial charge in [-0.25, -0.2) is 4.79 Å². The number of nitrogen functional groups attached to an aromatic ring is 1. The summed E-state index contributed by atoms with van der Waals surface area (Å²) in [6, 6.07) is 1.65. The average Bonchev–Trinajstić information content (AvgIpc) is 2.49. The molecule has 21 heavy (non-hydrogen) atoms. The molecular weight excluding hydrogens is 306 g/mol. The number of anilines is 1. The van der Waals surface area contributed by atoms with Crippen LogP contribution in [0.3, 0.4) is 0 Å². The highest BCUT2D eigenvalue weighted by atomic mass is 35.5. The van der Waals surface area contributed by atoms with Crippen molar-refractivity contribution in [2.24, 2.45) is 0 Å². The summed E-state index contributed by atoms with van der Waals surface area (Å²) in [5.41, 5.74) is 11.1. The van der Waals surface area contributed by atoms with Gasteiger partial charge in [0.2, 0.25) is 0 Å². The van der Waals surface area contributed by atoms with E-state index in [0.717, 1.165) is 5.56 Å². The van der Waals surface area contributed by atoms with Crippen LogP contribution in [0.5, 0.6) is 0 Å². The third-order valence-electron chi connectivity index (χ3n) is 2.83. The Labute approximate surface area is 132 Å². The van der Waals surface area contributed by atoms with E-state index < -0.39 is 5.97 Å². The molecular formula is C15H18ClNO3Si. The highest BCUT2D eigenvalue weighted by molar-refractivity contribution is 6.44. The zero-order chi connectivity index (χ0) is 15.8. The smallest absolute Gasteiger partial charge is 0.339 e. The number of methoxy groups -OCH3 is 1. The second-order valence-electron chi connectivity index (χ2n) is 4.12. The summed E-state index contributed by atoms with van der Waals surface area (Å²) in [5.74, 6) is 2.44. The van der Waals surface area contributed by atoms with Gasteiger partial charge in [-0.05, 0) is 25.0 Å². The lowest BCUT2D eigenvalue weighted by atomic mass is 10.0. The number of halogens is 1. The largest absolute Gasteiger partial charge is 0.465 e. The first-order chi connectivity index (χ1) is 10.1. The van der Waals surface area contributed by atoms with Crippen molar-refractivity contribution in [1.29, 1.82) is 0 Å². The van der Waals surface area contributed by atoms with E-state index >= 15 is 0 Å². The van der Waals surface area contributed by atoms with E-state index in [1.54, 1.807) is 6.07 Å². The van der Waals surface area contributed by atoms with E-state index in [4.69, 9.17) is 26.8 Å². The molecule has 1 aromatic rings. The molecule has 4 nitrogen and oxygen atoms in total. The lowest BCUT2D eigenvalue weighted by molar-refractivity contribution is 0.0600. The van der Waals surface area contributed by atoms with Crippen LogP contribution < -0.4 is 5.73 Å². The Hall–Kier alpha value is -1.48. The van der Waals surface area contributed by atoms with Gasteiger partial charge in [-0.15, -0.1) is 5.54 Å². The van der Waals surface area contributed by atoms with E-state index in [-0.39, 0.29) is 10.6 Å². The second-order valence-corrected chi connectivity index (χ2v) is 5.25. The maximum absolute atomic E-state index is 11.8. The number of hydrogen-bond acceptors (Lipinski definition) is 4. The average molecular weight is 324 g/mol. The van der Waals surface area contributed by atoms with Crippen molar-refractivity contribution in [3.63, 3.8) is 0 Å². The number of esters is 1. The van der Waals surface area contributed by atoms with Crippen molar-refractivity contribution in [3.8, 4) is 11.5 Å². The molecule has 0 aliphatic heterocycles. The van der Waals surface area contributed by atoms with Crippen LogP contribution in [0.4, 0.5) is 5.69 Å². The molecule has 0 atom stereocenters. The minimum atomic E-state index is -0.500. The van der Waals surface area contributed by atoms with Crippen LogP contribution in [0, 0.1) is 11.5 Å². The molecule has 1 aromatic carbocycles. The highest BCUT2D eigenvalue weighted by Crippen LogP contribution is 2.30. The first-order valence-electron chi connectivity index (χ1n) is 6.51. The number of benzene rings is 1. The quantitative estimate of drug-likeness (QED) is 0.297. The monoisotopic (exact) mass is 323 g/mol. The number of nitrogens with two attached hydrogens (primary N) is 1. The second kappa shape index (κ2) is 8.73. The molecule has 2 N–H and O–H groups in total. The molecule has 0 aliphatic carbocycles. The van der Waals surface area contributed by atoms with Crippen molar-refractivity contribution in [1.82, 2.24) is 0 Å². The van der Waals surface area contributed by atoms with Crippen LogP contribution in [0.15, 0.2) is 6.07 Å². The molecule has 0 heterocycles. The van der Waals surface area contributed by atoms with Crippen LogP contribution in [-0.2, 0) is 15.9 Å². The molecule has 2 radical (unpaired) electrons. The van der Waals surface area contributed by atoms with E-state index in [2.05, 4.69) is 11.5 Å². The van der Waals surface area contributed by atoms with Crippen molar-refractivity contribution in [3.05, 3.63) is 27.8 Å². The fourth-order valence-corrected chi connectivity index (χ4v) is 2.30. The van der Waals surface area contributed by atoms with Gasteiger partial charge in [0.1, 0.15) is 9.52 Å². The van der Waals surface area contributed by atoms with E-state index in [0.29, 0.717) is 40.4 Å². The number of carbonyl (C=O) groups excluding carboxylic acids is 1. The molecule has 0 saturated heterocycles. The topological polar surface area (TPSA) is 61.5 Å². The maximum atomic E-state index is 11.8. The number of rotatable bonds is 5. The number of carbonyl (C=O) groups is 1. The van der Waals surface area contributed by atoms with Gasteiger partial charge in [0.15, 0.2) is 0 Å².